The van der Waals surface area contributed by atoms with Gasteiger partial charge >= 0.3 is 0 Å². The van der Waals surface area contributed by atoms with Crippen LogP contribution in [0.3, 0.4) is 0 Å². The third kappa shape index (κ3) is 3.69. The summed E-state index contributed by atoms with van der Waals surface area (Å²) >= 11 is 0. The number of hydrogen-bond acceptors (Lipinski definition) is 2. The molecule has 0 aliphatic rings. The molecule has 5 heteroatoms. The van der Waals surface area contributed by atoms with Crippen molar-refractivity contribution in [3.63, 3.8) is 0 Å². The highest BCUT2D eigenvalue weighted by Crippen LogP contribution is 2.13. The Morgan fingerprint density at radius 1 is 1.05 bits per heavy atom. The molecule has 2 aromatic rings. The van der Waals surface area contributed by atoms with Crippen molar-refractivity contribution >= 4 is 17.5 Å². The van der Waals surface area contributed by atoms with Crippen molar-refractivity contribution in [2.24, 2.45) is 0 Å². The molecule has 0 fully saturated rings. The Bertz CT molecular complexity index is 701. The van der Waals surface area contributed by atoms with Crippen LogP contribution in [0.5, 0.6) is 0 Å². The Hall–Kier alpha value is -2.69. The number of aryl methyl sites for hydroxylation is 1. The summed E-state index contributed by atoms with van der Waals surface area (Å²) in [5.41, 5.74) is 1.42. The van der Waals surface area contributed by atoms with Gasteiger partial charge in [-0.15, -0.1) is 0 Å². The first kappa shape index (κ1) is 15.7. The van der Waals surface area contributed by atoms with Gasteiger partial charge in [0.1, 0.15) is 11.9 Å². The van der Waals surface area contributed by atoms with E-state index in [0.29, 0.717) is 5.56 Å². The van der Waals surface area contributed by atoms with Gasteiger partial charge in [0.25, 0.3) is 5.91 Å². The lowest BCUT2D eigenvalue weighted by Crippen LogP contribution is -2.41. The van der Waals surface area contributed by atoms with Crippen LogP contribution in [0.4, 0.5) is 10.1 Å². The zero-order valence-electron chi connectivity index (χ0n) is 12.4. The summed E-state index contributed by atoms with van der Waals surface area (Å²) in [7, 11) is 0. The van der Waals surface area contributed by atoms with Gasteiger partial charge in [-0.3, -0.25) is 9.59 Å². The van der Waals surface area contributed by atoms with Crippen molar-refractivity contribution in [2.75, 3.05) is 5.32 Å². The van der Waals surface area contributed by atoms with E-state index in [2.05, 4.69) is 10.6 Å². The van der Waals surface area contributed by atoms with Crippen LogP contribution in [-0.2, 0) is 4.79 Å². The van der Waals surface area contributed by atoms with Crippen molar-refractivity contribution in [3.8, 4) is 0 Å². The van der Waals surface area contributed by atoms with Crippen LogP contribution in [0.1, 0.15) is 22.8 Å². The average molecular weight is 300 g/mol. The average Bonchev–Trinajstić information content (AvgIpc) is 2.49. The fourth-order valence-electron chi connectivity index (χ4n) is 1.97. The quantitative estimate of drug-likeness (QED) is 0.912. The maximum Gasteiger partial charge on any atom is 0.252 e. The molecule has 4 nitrogen and oxygen atoms in total. The van der Waals surface area contributed by atoms with Gasteiger partial charge in [0.15, 0.2) is 0 Å². The first-order valence-corrected chi connectivity index (χ1v) is 6.91. The fourth-order valence-corrected chi connectivity index (χ4v) is 1.97. The van der Waals surface area contributed by atoms with Crippen LogP contribution < -0.4 is 10.6 Å². The summed E-state index contributed by atoms with van der Waals surface area (Å²) in [5.74, 6) is -1.34. The van der Waals surface area contributed by atoms with Gasteiger partial charge in [-0.25, -0.2) is 4.39 Å². The number of carbonyl (C=O) groups excluding carboxylic acids is 2. The van der Waals surface area contributed by atoms with Gasteiger partial charge in [0, 0.05) is 5.56 Å². The predicted molar refractivity (Wildman–Crippen MR) is 83.1 cm³/mol. The molecule has 1 atom stereocenters. The number of nitrogens with one attached hydrogen (secondary N) is 2. The van der Waals surface area contributed by atoms with Gasteiger partial charge in [0.05, 0.1) is 5.69 Å². The number of anilines is 1. The van der Waals surface area contributed by atoms with Gasteiger partial charge in [0.2, 0.25) is 5.91 Å². The second-order valence-electron chi connectivity index (χ2n) is 4.98. The third-order valence-corrected chi connectivity index (χ3v) is 3.26. The second kappa shape index (κ2) is 6.85. The number of halogens is 1. The maximum absolute atomic E-state index is 13.5. The minimum Gasteiger partial charge on any atom is -0.341 e. The molecule has 0 spiro atoms. The third-order valence-electron chi connectivity index (χ3n) is 3.26. The molecule has 0 aliphatic heterocycles. The number of carbonyl (C=O) groups is 2. The van der Waals surface area contributed by atoms with E-state index in [4.69, 9.17) is 0 Å². The van der Waals surface area contributed by atoms with Crippen LogP contribution in [-0.4, -0.2) is 17.9 Å². The molecule has 0 unspecified atom stereocenters. The smallest absolute Gasteiger partial charge is 0.252 e. The molecular weight excluding hydrogens is 283 g/mol. The number of hydrogen-bond donors (Lipinski definition) is 2. The van der Waals surface area contributed by atoms with Crippen molar-refractivity contribution < 1.29 is 14.0 Å². The Kier molecular flexibility index (Phi) is 4.88. The van der Waals surface area contributed by atoms with E-state index in [1.807, 2.05) is 19.1 Å². The highest BCUT2D eigenvalue weighted by Gasteiger charge is 2.18. The Morgan fingerprint density at radius 2 is 1.68 bits per heavy atom. The van der Waals surface area contributed by atoms with Gasteiger partial charge in [-0.1, -0.05) is 30.3 Å². The van der Waals surface area contributed by atoms with Crippen LogP contribution >= 0.6 is 0 Å². The summed E-state index contributed by atoms with van der Waals surface area (Å²) in [4.78, 5) is 24.2. The molecule has 114 valence electrons. The summed E-state index contributed by atoms with van der Waals surface area (Å²) < 4.78 is 13.5. The van der Waals surface area contributed by atoms with Crippen molar-refractivity contribution in [3.05, 3.63) is 65.5 Å². The number of para-hydroxylation sites is 1. The molecule has 0 heterocycles. The van der Waals surface area contributed by atoms with E-state index < -0.39 is 17.8 Å². The number of amides is 2. The van der Waals surface area contributed by atoms with Gasteiger partial charge < -0.3 is 10.6 Å². The second-order valence-corrected chi connectivity index (χ2v) is 4.98. The molecule has 2 aromatic carbocycles. The van der Waals surface area contributed by atoms with Gasteiger partial charge in [-0.2, -0.15) is 0 Å². The topological polar surface area (TPSA) is 58.2 Å². The summed E-state index contributed by atoms with van der Waals surface area (Å²) in [6.07, 6.45) is 0. The molecule has 0 saturated carbocycles. The first-order chi connectivity index (χ1) is 10.5. The highest BCUT2D eigenvalue weighted by atomic mass is 19.1. The molecular formula is C17H17FN2O2. The summed E-state index contributed by atoms with van der Waals surface area (Å²) in [6, 6.07) is 12.2. The molecule has 22 heavy (non-hydrogen) atoms. The molecule has 0 aromatic heterocycles. The summed E-state index contributed by atoms with van der Waals surface area (Å²) in [5, 5.41) is 5.06. The van der Waals surface area contributed by atoms with Crippen LogP contribution in [0.15, 0.2) is 48.5 Å². The van der Waals surface area contributed by atoms with E-state index in [1.165, 1.54) is 18.2 Å². The molecule has 2 rings (SSSR count). The van der Waals surface area contributed by atoms with Gasteiger partial charge in [-0.05, 0) is 37.6 Å². The normalized spacial score (nSPS) is 11.6. The Morgan fingerprint density at radius 3 is 2.36 bits per heavy atom. The zero-order chi connectivity index (χ0) is 16.1. The molecule has 2 amide bonds. The number of benzene rings is 2. The Labute approximate surface area is 128 Å². The Balaban J connectivity index is 2.01. The predicted octanol–water partition coefficient (Wildman–Crippen LogP) is 2.89. The SMILES string of the molecule is Cc1ccccc1C(=O)N[C@H](C)C(=O)Nc1ccccc1F. The summed E-state index contributed by atoms with van der Waals surface area (Å²) in [6.45, 7) is 3.37. The molecule has 0 bridgehead atoms. The fraction of sp³-hybridized carbons (Fsp3) is 0.176. The minimum absolute atomic E-state index is 0.0875. The lowest BCUT2D eigenvalue weighted by atomic mass is 10.1. The zero-order valence-corrected chi connectivity index (χ0v) is 12.4. The standard InChI is InChI=1S/C17H17FN2O2/c1-11-7-3-4-8-13(11)17(22)19-12(2)16(21)20-15-10-6-5-9-14(15)18/h3-10,12H,1-2H3,(H,19,22)(H,20,21)/t12-/m1/s1. The van der Waals surface area contributed by atoms with Crippen molar-refractivity contribution in [1.82, 2.24) is 5.32 Å². The lowest BCUT2D eigenvalue weighted by molar-refractivity contribution is -0.117. The lowest BCUT2D eigenvalue weighted by Gasteiger charge is -2.15. The molecule has 0 saturated heterocycles. The number of rotatable bonds is 4. The first-order valence-electron chi connectivity index (χ1n) is 6.91. The largest absolute Gasteiger partial charge is 0.341 e. The van der Waals surface area contributed by atoms with E-state index >= 15 is 0 Å². The molecule has 2 N–H and O–H groups in total. The van der Waals surface area contributed by atoms with Crippen LogP contribution in [0, 0.1) is 12.7 Å². The van der Waals surface area contributed by atoms with E-state index in [1.54, 1.807) is 25.1 Å². The van der Waals surface area contributed by atoms with E-state index in [0.717, 1.165) is 5.56 Å². The van der Waals surface area contributed by atoms with E-state index in [9.17, 15) is 14.0 Å². The monoisotopic (exact) mass is 300 g/mol. The molecule has 0 radical (unpaired) electrons. The van der Waals surface area contributed by atoms with Crippen LogP contribution in [0.2, 0.25) is 0 Å². The highest BCUT2D eigenvalue weighted by molar-refractivity contribution is 6.01. The van der Waals surface area contributed by atoms with Crippen molar-refractivity contribution in [2.45, 2.75) is 19.9 Å². The van der Waals surface area contributed by atoms with Crippen molar-refractivity contribution in [1.29, 1.82) is 0 Å². The maximum atomic E-state index is 13.5. The molecule has 0 aliphatic carbocycles. The van der Waals surface area contributed by atoms with E-state index in [-0.39, 0.29) is 11.6 Å². The minimum atomic E-state index is -0.785. The van der Waals surface area contributed by atoms with Crippen LogP contribution in [0.25, 0.3) is 0 Å².